The number of aryl methyl sites for hydroxylation is 2. The van der Waals surface area contributed by atoms with E-state index in [0.29, 0.717) is 36.2 Å². The van der Waals surface area contributed by atoms with Gasteiger partial charge in [0.15, 0.2) is 0 Å². The molecular formula is C29H32N6O5S. The van der Waals surface area contributed by atoms with Gasteiger partial charge in [-0.2, -0.15) is 9.46 Å². The number of unbranched alkanes of at least 4 members (excludes halogenated alkanes) is 1. The van der Waals surface area contributed by atoms with Gasteiger partial charge < -0.3 is 5.32 Å². The molecule has 1 aliphatic rings. The maximum Gasteiger partial charge on any atom is 0.286 e. The molecule has 1 aromatic carbocycles. The van der Waals surface area contributed by atoms with Crippen LogP contribution in [0.3, 0.4) is 0 Å². The van der Waals surface area contributed by atoms with Crippen molar-refractivity contribution >= 4 is 33.1 Å². The number of carbonyl (C=O) groups excluding carboxylic acids is 3. The van der Waals surface area contributed by atoms with Crippen LogP contribution in [0.5, 0.6) is 0 Å². The quantitative estimate of drug-likeness (QED) is 0.185. The number of rotatable bonds is 10. The van der Waals surface area contributed by atoms with Crippen LogP contribution in [0.15, 0.2) is 77.5 Å². The van der Waals surface area contributed by atoms with Crippen molar-refractivity contribution in [1.82, 2.24) is 20.2 Å². The smallest absolute Gasteiger partial charge is 0.286 e. The third-order valence-electron chi connectivity index (χ3n) is 6.54. The number of hydrogen-bond donors (Lipinski definition) is 3. The Bertz CT molecular complexity index is 1630. The first-order valence-electron chi connectivity index (χ1n) is 13.1. The Morgan fingerprint density at radius 3 is 2.66 bits per heavy atom. The first-order chi connectivity index (χ1) is 19.7. The molecule has 2 atom stereocenters. The number of carbonyl (C=O) groups is 3. The standard InChI is InChI=1S/C29H32N6O5S/c1-20-15-26(35(2)32-20)29(38)31-24-10-8-9-21(17-24)22-16-23(19-30-18-22)28(37)34-41(40,25-11-4-3-5-12-25)14-7-6-13-27(36)33-39/h3-5,8-11,15-19,25,39H,6-7,12-14H2,1-2H3,(H,31,38)(H,33,36)/t25?,41-/m0/s1. The molecule has 1 aliphatic carbocycles. The zero-order chi connectivity index (χ0) is 29.4. The van der Waals surface area contributed by atoms with Crippen molar-refractivity contribution in [2.24, 2.45) is 11.4 Å². The van der Waals surface area contributed by atoms with Crippen molar-refractivity contribution in [3.8, 4) is 11.1 Å². The Balaban J connectivity index is 1.55. The number of hydroxylamine groups is 1. The minimum Gasteiger partial charge on any atom is -0.321 e. The fourth-order valence-electron chi connectivity index (χ4n) is 4.45. The van der Waals surface area contributed by atoms with Gasteiger partial charge >= 0.3 is 0 Å². The third-order valence-corrected chi connectivity index (χ3v) is 9.18. The van der Waals surface area contributed by atoms with E-state index in [1.807, 2.05) is 25.1 Å². The molecule has 214 valence electrons. The van der Waals surface area contributed by atoms with Crippen molar-refractivity contribution in [1.29, 1.82) is 0 Å². The van der Waals surface area contributed by atoms with Crippen molar-refractivity contribution in [2.75, 3.05) is 11.1 Å². The Morgan fingerprint density at radius 2 is 1.95 bits per heavy atom. The molecular weight excluding hydrogens is 544 g/mol. The Morgan fingerprint density at radius 1 is 1.12 bits per heavy atom. The zero-order valence-electron chi connectivity index (χ0n) is 22.8. The van der Waals surface area contributed by atoms with E-state index >= 15 is 0 Å². The fourth-order valence-corrected chi connectivity index (χ4v) is 6.73. The second-order valence-electron chi connectivity index (χ2n) is 9.66. The van der Waals surface area contributed by atoms with Gasteiger partial charge in [0, 0.05) is 42.9 Å². The number of benzene rings is 1. The number of nitrogens with zero attached hydrogens (tertiary/aromatic N) is 4. The van der Waals surface area contributed by atoms with Crippen LogP contribution in [0.2, 0.25) is 0 Å². The number of nitrogens with one attached hydrogen (secondary N) is 2. The molecule has 0 bridgehead atoms. The number of amides is 3. The molecule has 4 rings (SSSR count). The molecule has 11 nitrogen and oxygen atoms in total. The van der Waals surface area contributed by atoms with Crippen molar-refractivity contribution in [3.63, 3.8) is 0 Å². The molecule has 0 saturated carbocycles. The van der Waals surface area contributed by atoms with Crippen LogP contribution in [0.4, 0.5) is 5.69 Å². The lowest BCUT2D eigenvalue weighted by Gasteiger charge is -2.19. The SMILES string of the molecule is Cc1cc(C(=O)Nc2cccc(-c3cncc(C(=O)N=[S@](=O)(CCCCC(=O)NO)C4C=CC=CC4)c3)c2)n(C)n1. The predicted octanol–water partition coefficient (Wildman–Crippen LogP) is 4.21. The average molecular weight is 577 g/mol. The second-order valence-corrected chi connectivity index (χ2v) is 12.2. The van der Waals surface area contributed by atoms with E-state index in [1.165, 1.54) is 10.9 Å². The van der Waals surface area contributed by atoms with Gasteiger partial charge in [0.2, 0.25) is 5.91 Å². The minimum atomic E-state index is -3.01. The molecule has 3 aromatic rings. The second kappa shape index (κ2) is 13.3. The summed E-state index contributed by atoms with van der Waals surface area (Å²) in [4.78, 5) is 41.6. The molecule has 0 saturated heterocycles. The molecule has 2 aromatic heterocycles. The maximum atomic E-state index is 14.0. The van der Waals surface area contributed by atoms with Gasteiger partial charge in [0.1, 0.15) is 5.69 Å². The number of allylic oxidation sites excluding steroid dienone is 3. The van der Waals surface area contributed by atoms with Gasteiger partial charge in [-0.05, 0) is 56.0 Å². The normalized spacial score (nSPS) is 15.6. The van der Waals surface area contributed by atoms with E-state index in [2.05, 4.69) is 19.8 Å². The van der Waals surface area contributed by atoms with Crippen LogP contribution in [-0.2, 0) is 21.6 Å². The van der Waals surface area contributed by atoms with Crippen LogP contribution in [0.25, 0.3) is 11.1 Å². The molecule has 0 spiro atoms. The lowest BCUT2D eigenvalue weighted by atomic mass is 10.1. The Kier molecular flexibility index (Phi) is 9.58. The first kappa shape index (κ1) is 29.6. The molecule has 3 N–H and O–H groups in total. The summed E-state index contributed by atoms with van der Waals surface area (Å²) in [6.45, 7) is 1.81. The highest BCUT2D eigenvalue weighted by molar-refractivity contribution is 7.94. The lowest BCUT2D eigenvalue weighted by molar-refractivity contribution is -0.129. The highest BCUT2D eigenvalue weighted by Gasteiger charge is 2.23. The molecule has 3 amide bonds. The lowest BCUT2D eigenvalue weighted by Crippen LogP contribution is -2.24. The summed E-state index contributed by atoms with van der Waals surface area (Å²) >= 11 is 0. The number of aromatic nitrogens is 3. The monoisotopic (exact) mass is 576 g/mol. The molecule has 0 aliphatic heterocycles. The summed E-state index contributed by atoms with van der Waals surface area (Å²) in [5.74, 6) is -1.34. The van der Waals surface area contributed by atoms with Gasteiger partial charge in [0.25, 0.3) is 11.8 Å². The maximum absolute atomic E-state index is 14.0. The molecule has 1 unspecified atom stereocenters. The largest absolute Gasteiger partial charge is 0.321 e. The van der Waals surface area contributed by atoms with Crippen molar-refractivity contribution in [2.45, 2.75) is 37.9 Å². The summed E-state index contributed by atoms with van der Waals surface area (Å²) in [7, 11) is -1.31. The van der Waals surface area contributed by atoms with Crippen LogP contribution >= 0.6 is 0 Å². The van der Waals surface area contributed by atoms with Crippen LogP contribution in [0, 0.1) is 6.92 Å². The molecule has 41 heavy (non-hydrogen) atoms. The van der Waals surface area contributed by atoms with Crippen LogP contribution in [0.1, 0.15) is 52.2 Å². The van der Waals surface area contributed by atoms with E-state index in [9.17, 15) is 18.6 Å². The van der Waals surface area contributed by atoms with Crippen molar-refractivity contribution in [3.05, 3.63) is 90.0 Å². The summed E-state index contributed by atoms with van der Waals surface area (Å²) in [5, 5.41) is 15.3. The van der Waals surface area contributed by atoms with E-state index in [4.69, 9.17) is 5.21 Å². The van der Waals surface area contributed by atoms with Gasteiger partial charge in [-0.3, -0.25) is 29.3 Å². The average Bonchev–Trinajstić information content (AvgIpc) is 3.33. The molecule has 12 heteroatoms. The number of pyridine rings is 1. The molecule has 0 radical (unpaired) electrons. The van der Waals surface area contributed by atoms with Gasteiger partial charge in [0.05, 0.1) is 26.2 Å². The first-order valence-corrected chi connectivity index (χ1v) is 14.8. The summed E-state index contributed by atoms with van der Waals surface area (Å²) in [6, 6.07) is 10.5. The van der Waals surface area contributed by atoms with Crippen LogP contribution in [-0.4, -0.2) is 52.9 Å². The Labute approximate surface area is 238 Å². The topological polar surface area (TPSA) is 156 Å². The van der Waals surface area contributed by atoms with E-state index in [-0.39, 0.29) is 23.6 Å². The minimum absolute atomic E-state index is 0.0770. The highest BCUT2D eigenvalue weighted by atomic mass is 32.2. The summed E-state index contributed by atoms with van der Waals surface area (Å²) < 4.78 is 19.7. The van der Waals surface area contributed by atoms with E-state index in [0.717, 1.165) is 11.3 Å². The van der Waals surface area contributed by atoms with Gasteiger partial charge in [-0.15, -0.1) is 0 Å². The summed E-state index contributed by atoms with van der Waals surface area (Å²) in [5.41, 5.74) is 4.83. The number of anilines is 1. The molecule has 0 fully saturated rings. The zero-order valence-corrected chi connectivity index (χ0v) is 23.6. The number of hydrogen-bond acceptors (Lipinski definition) is 7. The third kappa shape index (κ3) is 7.62. The fraction of sp³-hybridized carbons (Fsp3) is 0.276. The van der Waals surface area contributed by atoms with Crippen LogP contribution < -0.4 is 10.8 Å². The van der Waals surface area contributed by atoms with E-state index in [1.54, 1.807) is 61.2 Å². The van der Waals surface area contributed by atoms with Gasteiger partial charge in [-0.1, -0.05) is 36.4 Å². The predicted molar refractivity (Wildman–Crippen MR) is 156 cm³/mol. The highest BCUT2D eigenvalue weighted by Crippen LogP contribution is 2.25. The van der Waals surface area contributed by atoms with E-state index < -0.39 is 26.8 Å². The van der Waals surface area contributed by atoms with Gasteiger partial charge in [-0.25, -0.2) is 9.69 Å². The van der Waals surface area contributed by atoms with Crippen molar-refractivity contribution < 1.29 is 23.8 Å². The summed E-state index contributed by atoms with van der Waals surface area (Å²) in [6.07, 6.45) is 11.6. The Hall–Kier alpha value is -4.42. The molecule has 2 heterocycles.